The van der Waals surface area contributed by atoms with Crippen LogP contribution in [0.2, 0.25) is 0 Å². The average molecular weight is 205 g/mol. The van der Waals surface area contributed by atoms with Crippen molar-refractivity contribution in [3.8, 4) is 0 Å². The van der Waals surface area contributed by atoms with Crippen LogP contribution < -0.4 is 16.2 Å². The summed E-state index contributed by atoms with van der Waals surface area (Å²) in [6.45, 7) is 0. The molecule has 0 aromatic carbocycles. The third-order valence-corrected chi connectivity index (χ3v) is 1.32. The lowest BCUT2D eigenvalue weighted by atomic mass is 10.8. The normalized spacial score (nSPS) is 11.2. The van der Waals surface area contributed by atoms with E-state index in [4.69, 9.17) is 11.5 Å². The summed E-state index contributed by atoms with van der Waals surface area (Å²) >= 11 is 0. The maximum Gasteiger partial charge on any atom is 0.242 e. The van der Waals surface area contributed by atoms with Gasteiger partial charge in [-0.25, -0.2) is 8.42 Å². The van der Waals surface area contributed by atoms with Crippen LogP contribution in [-0.4, -0.2) is 27.9 Å². The molecule has 0 saturated carbocycles. The Morgan fingerprint density at radius 2 is 1.62 bits per heavy atom. The molecule has 9 nitrogen and oxygen atoms in total. The summed E-state index contributed by atoms with van der Waals surface area (Å²) in [4.78, 5) is 9.97. The smallest absolute Gasteiger partial charge is 0.242 e. The minimum absolute atomic E-state index is 0.279. The standard InChI is InChI=1S/C3H6N6O3S/c4-1-6-2(5)8-3(7-1)9-13(10,11)12/h(H,10,11,12)(H5,4,5,6,7,8,9)/p-1. The topological polar surface area (TPSA) is 160 Å². The van der Waals surface area contributed by atoms with Crippen LogP contribution in [0.5, 0.6) is 0 Å². The van der Waals surface area contributed by atoms with Crippen LogP contribution in [0.25, 0.3) is 0 Å². The zero-order valence-electron chi connectivity index (χ0n) is 6.13. The van der Waals surface area contributed by atoms with Gasteiger partial charge in [-0.2, -0.15) is 15.0 Å². The number of nitrogens with two attached hydrogens (primary N) is 2. The van der Waals surface area contributed by atoms with E-state index in [2.05, 4.69) is 15.0 Å². The van der Waals surface area contributed by atoms with Gasteiger partial charge in [0.15, 0.2) is 10.3 Å². The molecule has 1 rings (SSSR count). The van der Waals surface area contributed by atoms with Gasteiger partial charge in [0, 0.05) is 0 Å². The van der Waals surface area contributed by atoms with Crippen molar-refractivity contribution >= 4 is 28.1 Å². The maximum atomic E-state index is 10.2. The van der Waals surface area contributed by atoms with Gasteiger partial charge in [-0.15, -0.1) is 0 Å². The lowest BCUT2D eigenvalue weighted by Crippen LogP contribution is -2.15. The van der Waals surface area contributed by atoms with Crippen molar-refractivity contribution in [3.05, 3.63) is 0 Å². The van der Waals surface area contributed by atoms with Gasteiger partial charge >= 0.3 is 0 Å². The van der Waals surface area contributed by atoms with Gasteiger partial charge in [0.25, 0.3) is 0 Å². The molecular formula is C3H5N6O3S-. The monoisotopic (exact) mass is 205 g/mol. The molecule has 0 atom stereocenters. The van der Waals surface area contributed by atoms with Crippen LogP contribution in [0.4, 0.5) is 17.8 Å². The fourth-order valence-electron chi connectivity index (χ4n) is 0.567. The number of rotatable bonds is 2. The lowest BCUT2D eigenvalue weighted by molar-refractivity contribution is 0.469. The first-order valence-electron chi connectivity index (χ1n) is 2.87. The molecule has 0 aliphatic carbocycles. The Kier molecular flexibility index (Phi) is 2.16. The van der Waals surface area contributed by atoms with Gasteiger partial charge in [0.05, 0.1) is 0 Å². The molecule has 13 heavy (non-hydrogen) atoms. The first-order valence-corrected chi connectivity index (χ1v) is 4.28. The highest BCUT2D eigenvalue weighted by Gasteiger charge is 2.03. The molecule has 0 radical (unpaired) electrons. The molecule has 72 valence electrons. The van der Waals surface area contributed by atoms with Crippen molar-refractivity contribution in [3.63, 3.8) is 0 Å². The summed E-state index contributed by atoms with van der Waals surface area (Å²) < 4.78 is 32.0. The summed E-state index contributed by atoms with van der Waals surface area (Å²) in [5.74, 6) is -1.06. The molecule has 0 unspecified atom stereocenters. The first-order chi connectivity index (χ1) is 5.87. The fraction of sp³-hybridized carbons (Fsp3) is 0. The van der Waals surface area contributed by atoms with E-state index in [1.165, 1.54) is 4.72 Å². The van der Waals surface area contributed by atoms with Gasteiger partial charge < -0.3 is 16.0 Å². The van der Waals surface area contributed by atoms with Gasteiger partial charge in [-0.05, 0) is 0 Å². The third kappa shape index (κ3) is 3.04. The Balaban J connectivity index is 3.03. The van der Waals surface area contributed by atoms with Gasteiger partial charge in [0.2, 0.25) is 17.8 Å². The zero-order valence-corrected chi connectivity index (χ0v) is 6.95. The number of hydrogen-bond donors (Lipinski definition) is 3. The van der Waals surface area contributed by atoms with Crippen LogP contribution >= 0.6 is 0 Å². The Morgan fingerprint density at radius 3 is 2.00 bits per heavy atom. The van der Waals surface area contributed by atoms with Crippen LogP contribution in [-0.2, 0) is 10.3 Å². The SMILES string of the molecule is Nc1nc(N)nc(NS(=O)(=O)[O-])n1. The van der Waals surface area contributed by atoms with Crippen molar-refractivity contribution < 1.29 is 13.0 Å². The van der Waals surface area contributed by atoms with Crippen molar-refractivity contribution in [2.45, 2.75) is 0 Å². The summed E-state index contributed by atoms with van der Waals surface area (Å²) in [7, 11) is -4.67. The Morgan fingerprint density at radius 1 is 1.15 bits per heavy atom. The van der Waals surface area contributed by atoms with E-state index in [0.29, 0.717) is 0 Å². The molecule has 0 aliphatic rings. The van der Waals surface area contributed by atoms with Crippen LogP contribution in [0.3, 0.4) is 0 Å². The van der Waals surface area contributed by atoms with E-state index in [9.17, 15) is 13.0 Å². The average Bonchev–Trinajstić information content (AvgIpc) is 1.78. The molecule has 0 saturated heterocycles. The highest BCUT2D eigenvalue weighted by Crippen LogP contribution is 2.04. The zero-order chi connectivity index (χ0) is 10.1. The lowest BCUT2D eigenvalue weighted by Gasteiger charge is -2.08. The Bertz CT molecular complexity index is 395. The van der Waals surface area contributed by atoms with E-state index in [0.717, 1.165) is 0 Å². The first kappa shape index (κ1) is 9.41. The van der Waals surface area contributed by atoms with Crippen LogP contribution in [0.15, 0.2) is 0 Å². The quantitative estimate of drug-likeness (QED) is 0.463. The number of anilines is 3. The molecule has 1 aromatic heterocycles. The molecule has 5 N–H and O–H groups in total. The van der Waals surface area contributed by atoms with Gasteiger partial charge in [0.1, 0.15) is 0 Å². The van der Waals surface area contributed by atoms with E-state index in [-0.39, 0.29) is 11.9 Å². The fourth-order valence-corrected chi connectivity index (χ4v) is 0.882. The van der Waals surface area contributed by atoms with Crippen molar-refractivity contribution in [1.82, 2.24) is 15.0 Å². The van der Waals surface area contributed by atoms with Crippen LogP contribution in [0, 0.1) is 0 Å². The second-order valence-corrected chi connectivity index (χ2v) is 3.04. The molecule has 0 amide bonds. The number of nitrogens with zero attached hydrogens (tertiary/aromatic N) is 3. The number of aromatic nitrogens is 3. The van der Waals surface area contributed by atoms with Crippen LogP contribution in [0.1, 0.15) is 0 Å². The molecule has 10 heteroatoms. The minimum atomic E-state index is -4.67. The summed E-state index contributed by atoms with van der Waals surface area (Å²) in [6.07, 6.45) is 0. The summed E-state index contributed by atoms with van der Waals surface area (Å²) in [5.41, 5.74) is 10.2. The van der Waals surface area contributed by atoms with E-state index in [1.807, 2.05) is 0 Å². The number of nitrogens with one attached hydrogen (secondary N) is 1. The highest BCUT2D eigenvalue weighted by atomic mass is 32.2. The van der Waals surface area contributed by atoms with E-state index >= 15 is 0 Å². The molecule has 1 heterocycles. The van der Waals surface area contributed by atoms with E-state index in [1.54, 1.807) is 0 Å². The maximum absolute atomic E-state index is 10.2. The van der Waals surface area contributed by atoms with Gasteiger partial charge in [-0.1, -0.05) is 0 Å². The molecule has 0 fully saturated rings. The summed E-state index contributed by atoms with van der Waals surface area (Å²) in [6, 6.07) is 0. The number of hydrogen-bond acceptors (Lipinski definition) is 8. The largest absolute Gasteiger partial charge is 0.731 e. The Labute approximate surface area is 73.1 Å². The third-order valence-electron chi connectivity index (χ3n) is 0.886. The highest BCUT2D eigenvalue weighted by molar-refractivity contribution is 7.87. The molecule has 0 aliphatic heterocycles. The van der Waals surface area contributed by atoms with Gasteiger partial charge in [-0.3, -0.25) is 4.72 Å². The predicted molar refractivity (Wildman–Crippen MR) is 42.0 cm³/mol. The minimum Gasteiger partial charge on any atom is -0.731 e. The second-order valence-electron chi connectivity index (χ2n) is 1.93. The molecular weight excluding hydrogens is 200 g/mol. The van der Waals surface area contributed by atoms with Crippen molar-refractivity contribution in [2.24, 2.45) is 0 Å². The number of nitrogen functional groups attached to an aromatic ring is 2. The van der Waals surface area contributed by atoms with Crippen molar-refractivity contribution in [2.75, 3.05) is 16.2 Å². The Hall–Kier alpha value is -1.68. The summed E-state index contributed by atoms with van der Waals surface area (Å²) in [5, 5.41) is 0. The molecule has 0 bridgehead atoms. The van der Waals surface area contributed by atoms with E-state index < -0.39 is 16.3 Å². The molecule has 0 spiro atoms. The second kappa shape index (κ2) is 2.99. The van der Waals surface area contributed by atoms with Crippen molar-refractivity contribution in [1.29, 1.82) is 0 Å². The molecule has 1 aromatic rings. The predicted octanol–water partition coefficient (Wildman–Crippen LogP) is -2.09.